The Morgan fingerprint density at radius 1 is 0.812 bits per heavy atom. The molecule has 5 nitrogen and oxygen atoms in total. The molecule has 0 aromatic heterocycles. The van der Waals surface area contributed by atoms with Crippen LogP contribution in [0.15, 0.2) is 78.9 Å². The molecule has 0 spiro atoms. The fraction of sp³-hybridized carbons (Fsp3) is 0.160. The molecule has 3 amide bonds. The van der Waals surface area contributed by atoms with Crippen LogP contribution in [-0.2, 0) is 17.6 Å². The summed E-state index contributed by atoms with van der Waals surface area (Å²) in [4.78, 5) is 39.7. The first-order chi connectivity index (χ1) is 15.4. The number of urea groups is 1. The third-order valence-electron chi connectivity index (χ3n) is 5.49. The third kappa shape index (κ3) is 4.27. The van der Waals surface area contributed by atoms with E-state index in [0.717, 1.165) is 34.2 Å². The highest BCUT2D eigenvalue weighted by Gasteiger charge is 2.51. The van der Waals surface area contributed by atoms with E-state index in [1.165, 1.54) is 0 Å². The van der Waals surface area contributed by atoms with Gasteiger partial charge in [-0.1, -0.05) is 60.7 Å². The first-order valence-electron chi connectivity index (χ1n) is 10.1. The number of nitrogens with one attached hydrogen (secondary N) is 1. The lowest BCUT2D eigenvalue weighted by atomic mass is 9.84. The smallest absolute Gasteiger partial charge is 0.322 e. The summed E-state index contributed by atoms with van der Waals surface area (Å²) in [5.41, 5.74) is 0.318. The van der Waals surface area contributed by atoms with Gasteiger partial charge in [0.15, 0.2) is 17.4 Å². The monoisotopic (exact) mass is 434 g/mol. The third-order valence-corrected chi connectivity index (χ3v) is 5.49. The van der Waals surface area contributed by atoms with Crippen molar-refractivity contribution in [2.45, 2.75) is 18.4 Å². The normalized spacial score (nSPS) is 15.0. The maximum absolute atomic E-state index is 13.5. The van der Waals surface area contributed by atoms with E-state index in [-0.39, 0.29) is 18.4 Å². The van der Waals surface area contributed by atoms with Gasteiger partial charge in [0.1, 0.15) is 5.54 Å². The predicted molar refractivity (Wildman–Crippen MR) is 114 cm³/mol. The van der Waals surface area contributed by atoms with Crippen molar-refractivity contribution in [3.63, 3.8) is 0 Å². The summed E-state index contributed by atoms with van der Waals surface area (Å²) in [6, 6.07) is 20.6. The zero-order valence-corrected chi connectivity index (χ0v) is 17.1. The van der Waals surface area contributed by atoms with E-state index >= 15 is 0 Å². The lowest BCUT2D eigenvalue weighted by Crippen LogP contribution is -2.51. The number of amides is 3. The number of halogens is 2. The lowest BCUT2D eigenvalue weighted by molar-refractivity contribution is -0.131. The van der Waals surface area contributed by atoms with E-state index in [9.17, 15) is 23.2 Å². The van der Waals surface area contributed by atoms with Crippen LogP contribution in [0.3, 0.4) is 0 Å². The number of Topliss-reactive ketones (excluding diaryl/α,β-unsaturated/α-hetero) is 1. The average molecular weight is 434 g/mol. The first-order valence-corrected chi connectivity index (χ1v) is 10.1. The van der Waals surface area contributed by atoms with Crippen molar-refractivity contribution in [3.8, 4) is 0 Å². The van der Waals surface area contributed by atoms with Crippen molar-refractivity contribution < 1.29 is 23.2 Å². The topological polar surface area (TPSA) is 66.5 Å². The molecule has 3 aromatic carbocycles. The molecule has 0 aliphatic carbocycles. The number of benzene rings is 3. The largest absolute Gasteiger partial charge is 0.325 e. The Hall–Kier alpha value is -3.87. The Bertz CT molecular complexity index is 1120. The number of rotatable bonds is 7. The summed E-state index contributed by atoms with van der Waals surface area (Å²) in [6.45, 7) is -0.568. The van der Waals surface area contributed by atoms with Crippen LogP contribution in [-0.4, -0.2) is 34.7 Å². The summed E-state index contributed by atoms with van der Waals surface area (Å²) in [6.07, 6.45) is 0.479. The molecule has 1 N–H and O–H groups in total. The zero-order valence-electron chi connectivity index (χ0n) is 17.1. The second-order valence-electron chi connectivity index (χ2n) is 7.78. The Labute approximate surface area is 183 Å². The van der Waals surface area contributed by atoms with Crippen LogP contribution in [0.2, 0.25) is 0 Å². The summed E-state index contributed by atoms with van der Waals surface area (Å²) in [7, 11) is 0. The number of carbonyl (C=O) groups excluding carboxylic acids is 3. The zero-order chi connectivity index (χ0) is 22.7. The van der Waals surface area contributed by atoms with Crippen LogP contribution in [0.25, 0.3) is 0 Å². The minimum atomic E-state index is -1.27. The van der Waals surface area contributed by atoms with Crippen molar-refractivity contribution in [2.75, 3.05) is 6.54 Å². The van der Waals surface area contributed by atoms with E-state index in [1.54, 1.807) is 0 Å². The van der Waals surface area contributed by atoms with Crippen LogP contribution in [0, 0.1) is 11.6 Å². The fourth-order valence-electron chi connectivity index (χ4n) is 3.92. The number of carbonyl (C=O) groups is 3. The van der Waals surface area contributed by atoms with Crippen LogP contribution in [0.5, 0.6) is 0 Å². The molecular weight excluding hydrogens is 414 g/mol. The van der Waals surface area contributed by atoms with Gasteiger partial charge < -0.3 is 5.32 Å². The molecule has 1 saturated heterocycles. The molecule has 7 heteroatoms. The number of nitrogens with zero attached hydrogens (tertiary/aromatic N) is 1. The molecule has 0 unspecified atom stereocenters. The van der Waals surface area contributed by atoms with Crippen LogP contribution in [0.1, 0.15) is 21.5 Å². The van der Waals surface area contributed by atoms with Gasteiger partial charge in [-0.2, -0.15) is 0 Å². The van der Waals surface area contributed by atoms with E-state index in [1.807, 2.05) is 60.7 Å². The highest BCUT2D eigenvalue weighted by molar-refractivity contribution is 6.11. The van der Waals surface area contributed by atoms with Gasteiger partial charge in [0.25, 0.3) is 5.91 Å². The van der Waals surface area contributed by atoms with Gasteiger partial charge in [-0.15, -0.1) is 0 Å². The Kier molecular flexibility index (Phi) is 5.81. The van der Waals surface area contributed by atoms with E-state index in [4.69, 9.17) is 0 Å². The molecule has 0 radical (unpaired) electrons. The highest BCUT2D eigenvalue weighted by Crippen LogP contribution is 2.27. The van der Waals surface area contributed by atoms with Gasteiger partial charge in [-0.3, -0.25) is 14.5 Å². The van der Waals surface area contributed by atoms with Crippen molar-refractivity contribution in [1.82, 2.24) is 10.2 Å². The summed E-state index contributed by atoms with van der Waals surface area (Å²) < 4.78 is 26.7. The van der Waals surface area contributed by atoms with Gasteiger partial charge >= 0.3 is 6.03 Å². The minimum Gasteiger partial charge on any atom is -0.322 e. The Morgan fingerprint density at radius 3 is 1.91 bits per heavy atom. The highest BCUT2D eigenvalue weighted by atomic mass is 19.2. The molecule has 4 rings (SSSR count). The fourth-order valence-corrected chi connectivity index (χ4v) is 3.92. The Balaban J connectivity index is 1.62. The van der Waals surface area contributed by atoms with E-state index in [2.05, 4.69) is 5.32 Å². The second kappa shape index (κ2) is 8.70. The molecule has 1 aliphatic rings. The average Bonchev–Trinajstić information content (AvgIpc) is 3.00. The molecular formula is C25H20F2N2O3. The molecule has 32 heavy (non-hydrogen) atoms. The molecule has 1 aliphatic heterocycles. The van der Waals surface area contributed by atoms with Gasteiger partial charge in [0, 0.05) is 18.4 Å². The molecule has 1 fully saturated rings. The maximum atomic E-state index is 13.5. The molecule has 0 atom stereocenters. The quantitative estimate of drug-likeness (QED) is 0.453. The number of imide groups is 1. The summed E-state index contributed by atoms with van der Waals surface area (Å²) in [5.74, 6) is -3.45. The molecule has 0 saturated carbocycles. The molecule has 1 heterocycles. The van der Waals surface area contributed by atoms with Crippen molar-refractivity contribution >= 4 is 17.7 Å². The van der Waals surface area contributed by atoms with Gasteiger partial charge in [0.2, 0.25) is 0 Å². The van der Waals surface area contributed by atoms with Gasteiger partial charge in [-0.25, -0.2) is 13.6 Å². The minimum absolute atomic E-state index is 0.117. The first kappa shape index (κ1) is 21.4. The summed E-state index contributed by atoms with van der Waals surface area (Å²) in [5, 5.41) is 2.79. The second-order valence-corrected chi connectivity index (χ2v) is 7.78. The maximum Gasteiger partial charge on any atom is 0.325 e. The Morgan fingerprint density at radius 2 is 1.38 bits per heavy atom. The SMILES string of the molecule is O=C(CN1C(=O)NC(Cc2ccccc2)(Cc2ccccc2)C1=O)c1ccc(F)c(F)c1. The lowest BCUT2D eigenvalue weighted by Gasteiger charge is -2.27. The summed E-state index contributed by atoms with van der Waals surface area (Å²) >= 11 is 0. The van der Waals surface area contributed by atoms with Crippen LogP contribution in [0.4, 0.5) is 13.6 Å². The van der Waals surface area contributed by atoms with Crippen molar-refractivity contribution in [1.29, 1.82) is 0 Å². The number of ketones is 1. The molecule has 3 aromatic rings. The van der Waals surface area contributed by atoms with E-state index in [0.29, 0.717) is 0 Å². The molecule has 162 valence electrons. The van der Waals surface area contributed by atoms with Crippen LogP contribution < -0.4 is 5.32 Å². The number of hydrogen-bond acceptors (Lipinski definition) is 3. The van der Waals surface area contributed by atoms with Gasteiger partial charge in [-0.05, 0) is 29.3 Å². The standard InChI is InChI=1S/C25H20F2N2O3/c26-20-12-11-19(13-21(20)27)22(30)16-29-23(31)25(28-24(29)32,14-17-7-3-1-4-8-17)15-18-9-5-2-6-10-18/h1-13H,14-16H2,(H,28,32). The van der Waals surface area contributed by atoms with E-state index < -0.39 is 41.4 Å². The number of hydrogen-bond donors (Lipinski definition) is 1. The van der Waals surface area contributed by atoms with Crippen LogP contribution >= 0.6 is 0 Å². The van der Waals surface area contributed by atoms with Crippen molar-refractivity contribution in [3.05, 3.63) is 107 Å². The predicted octanol–water partition coefficient (Wildman–Crippen LogP) is 3.92. The molecule has 0 bridgehead atoms. The van der Waals surface area contributed by atoms with Gasteiger partial charge in [0.05, 0.1) is 6.54 Å². The van der Waals surface area contributed by atoms with Crippen molar-refractivity contribution in [2.24, 2.45) is 0 Å².